The van der Waals surface area contributed by atoms with E-state index >= 15 is 0 Å². The molecular formula is C27H29N2OS+. The number of hydrogen-bond donors (Lipinski definition) is 1. The standard InChI is InChI=1S/C27H28N2OS/c1-3-25-28-20(2)18-29(25)26(22-10-6-4-7-11-22)27(30)23-16-14-21(15-17-23)19-31-24-12-8-5-9-13-24/h4-12,14-18,24,26H,3,13,19H2,1-2H3/p+1. The van der Waals surface area contributed by atoms with Crippen molar-refractivity contribution >= 4 is 17.5 Å². The number of ketones is 1. The van der Waals surface area contributed by atoms with Crippen molar-refractivity contribution in [2.24, 2.45) is 0 Å². The van der Waals surface area contributed by atoms with Crippen LogP contribution in [0.25, 0.3) is 0 Å². The van der Waals surface area contributed by atoms with Gasteiger partial charge in [0.15, 0.2) is 6.04 Å². The molecule has 1 aliphatic carbocycles. The fourth-order valence-electron chi connectivity index (χ4n) is 3.99. The smallest absolute Gasteiger partial charge is 0.255 e. The maximum absolute atomic E-state index is 13.7. The van der Waals surface area contributed by atoms with Crippen LogP contribution in [0.15, 0.2) is 85.1 Å². The number of hydrogen-bond acceptors (Lipinski definition) is 2. The molecule has 0 saturated carbocycles. The van der Waals surface area contributed by atoms with E-state index in [0.717, 1.165) is 41.2 Å². The lowest BCUT2D eigenvalue weighted by Crippen LogP contribution is -2.46. The minimum atomic E-state index is -0.375. The number of nitrogens with one attached hydrogen (secondary N) is 1. The molecule has 3 aromatic rings. The van der Waals surface area contributed by atoms with Gasteiger partial charge < -0.3 is 0 Å². The van der Waals surface area contributed by atoms with Gasteiger partial charge >= 0.3 is 0 Å². The summed E-state index contributed by atoms with van der Waals surface area (Å²) in [7, 11) is 0. The SMILES string of the molecule is CCc1[nH]c(C)c[n+]1C(C(=O)c1ccc(CSC2C=CC=CC2)cc1)c1ccccc1. The molecule has 0 saturated heterocycles. The number of imidazole rings is 1. The highest BCUT2D eigenvalue weighted by Crippen LogP contribution is 2.25. The molecule has 2 aromatic carbocycles. The number of H-pyrrole nitrogens is 1. The molecule has 0 fully saturated rings. The number of nitrogens with zero attached hydrogens (tertiary/aromatic N) is 1. The second-order valence-corrected chi connectivity index (χ2v) is 9.14. The van der Waals surface area contributed by atoms with Crippen LogP contribution in [0.2, 0.25) is 0 Å². The van der Waals surface area contributed by atoms with Gasteiger partial charge in [-0.1, -0.05) is 85.8 Å². The lowest BCUT2D eigenvalue weighted by molar-refractivity contribution is -0.705. The van der Waals surface area contributed by atoms with Crippen LogP contribution >= 0.6 is 11.8 Å². The Labute approximate surface area is 188 Å². The van der Waals surface area contributed by atoms with Crippen LogP contribution in [0.3, 0.4) is 0 Å². The van der Waals surface area contributed by atoms with E-state index in [2.05, 4.69) is 52.9 Å². The Morgan fingerprint density at radius 2 is 1.90 bits per heavy atom. The minimum Gasteiger partial charge on any atom is -0.289 e. The summed E-state index contributed by atoms with van der Waals surface area (Å²) in [6.07, 6.45) is 12.7. The summed E-state index contributed by atoms with van der Waals surface area (Å²) in [5.41, 5.74) is 4.06. The van der Waals surface area contributed by atoms with Crippen molar-refractivity contribution in [2.75, 3.05) is 0 Å². The summed E-state index contributed by atoms with van der Waals surface area (Å²) in [5.74, 6) is 2.12. The van der Waals surface area contributed by atoms with E-state index < -0.39 is 0 Å². The third-order valence-electron chi connectivity index (χ3n) is 5.61. The molecule has 4 heteroatoms. The predicted molar refractivity (Wildman–Crippen MR) is 128 cm³/mol. The van der Waals surface area contributed by atoms with Crippen LogP contribution in [0.4, 0.5) is 0 Å². The molecule has 0 radical (unpaired) electrons. The second-order valence-electron chi connectivity index (χ2n) is 7.92. The minimum absolute atomic E-state index is 0.115. The van der Waals surface area contributed by atoms with Crippen LogP contribution in [0, 0.1) is 6.92 Å². The van der Waals surface area contributed by atoms with Gasteiger partial charge in [0, 0.05) is 35.5 Å². The number of allylic oxidation sites excluding steroid dienone is 3. The molecule has 0 aliphatic heterocycles. The summed E-state index contributed by atoms with van der Waals surface area (Å²) in [6, 6.07) is 17.8. The van der Waals surface area contributed by atoms with Gasteiger partial charge in [0.05, 0.1) is 0 Å². The van der Waals surface area contributed by atoms with Crippen molar-refractivity contribution in [1.29, 1.82) is 0 Å². The van der Waals surface area contributed by atoms with Gasteiger partial charge in [-0.25, -0.2) is 9.55 Å². The number of aryl methyl sites for hydroxylation is 2. The topological polar surface area (TPSA) is 36.7 Å². The average molecular weight is 430 g/mol. The first kappa shape index (κ1) is 21.4. The normalized spacial score (nSPS) is 16.4. The van der Waals surface area contributed by atoms with Gasteiger partial charge in [-0.3, -0.25) is 4.79 Å². The highest BCUT2D eigenvalue weighted by atomic mass is 32.2. The highest BCUT2D eigenvalue weighted by molar-refractivity contribution is 7.99. The number of thioether (sulfide) groups is 1. The van der Waals surface area contributed by atoms with E-state index in [1.54, 1.807) is 0 Å². The summed E-state index contributed by atoms with van der Waals surface area (Å²) < 4.78 is 2.10. The summed E-state index contributed by atoms with van der Waals surface area (Å²) in [5, 5.41) is 0.537. The van der Waals surface area contributed by atoms with Crippen LogP contribution in [-0.4, -0.2) is 16.0 Å². The summed E-state index contributed by atoms with van der Waals surface area (Å²) >= 11 is 1.94. The zero-order valence-electron chi connectivity index (χ0n) is 18.1. The molecule has 1 aromatic heterocycles. The Kier molecular flexibility index (Phi) is 6.88. The molecule has 0 bridgehead atoms. The molecule has 1 aliphatic rings. The van der Waals surface area contributed by atoms with E-state index in [1.807, 2.05) is 67.3 Å². The molecule has 0 amide bonds. The zero-order valence-corrected chi connectivity index (χ0v) is 18.9. The second kappa shape index (κ2) is 9.97. The fourth-order valence-corrected chi connectivity index (χ4v) is 5.04. The fraction of sp³-hybridized carbons (Fsp3) is 0.259. The number of rotatable bonds is 8. The number of benzene rings is 2. The molecular weight excluding hydrogens is 400 g/mol. The molecule has 158 valence electrons. The Bertz CT molecular complexity index is 1080. The lowest BCUT2D eigenvalue weighted by atomic mass is 9.96. The molecule has 31 heavy (non-hydrogen) atoms. The van der Waals surface area contributed by atoms with Gasteiger partial charge in [0.1, 0.15) is 11.9 Å². The van der Waals surface area contributed by atoms with Gasteiger partial charge in [-0.05, 0) is 12.0 Å². The molecule has 0 spiro atoms. The van der Waals surface area contributed by atoms with Crippen molar-refractivity contribution in [3.05, 3.63) is 113 Å². The number of carbonyl (C=O) groups excluding carboxylic acids is 1. The van der Waals surface area contributed by atoms with Gasteiger partial charge in [-0.2, -0.15) is 0 Å². The Balaban J connectivity index is 1.57. The van der Waals surface area contributed by atoms with Crippen molar-refractivity contribution in [2.45, 2.75) is 43.7 Å². The molecule has 2 atom stereocenters. The maximum Gasteiger partial charge on any atom is 0.255 e. The monoisotopic (exact) mass is 429 g/mol. The third kappa shape index (κ3) is 5.08. The third-order valence-corrected chi connectivity index (χ3v) is 6.88. The van der Waals surface area contributed by atoms with E-state index in [4.69, 9.17) is 0 Å². The number of carbonyl (C=O) groups is 1. The van der Waals surface area contributed by atoms with Gasteiger partial charge in [0.2, 0.25) is 5.78 Å². The molecule has 1 heterocycles. The van der Waals surface area contributed by atoms with Gasteiger partial charge in [-0.15, -0.1) is 11.8 Å². The van der Waals surface area contributed by atoms with Crippen molar-refractivity contribution in [3.63, 3.8) is 0 Å². The molecule has 4 rings (SSSR count). The van der Waals surface area contributed by atoms with Crippen LogP contribution < -0.4 is 4.57 Å². The van der Waals surface area contributed by atoms with Crippen molar-refractivity contribution in [1.82, 2.24) is 4.98 Å². The summed E-state index contributed by atoms with van der Waals surface area (Å²) in [4.78, 5) is 17.1. The first-order chi connectivity index (χ1) is 15.2. The largest absolute Gasteiger partial charge is 0.289 e. The quantitative estimate of drug-likeness (QED) is 0.365. The molecule has 3 nitrogen and oxygen atoms in total. The number of Topliss-reactive ketones (excluding diaryl/α,β-unsaturated/α-hetero) is 1. The maximum atomic E-state index is 13.7. The van der Waals surface area contributed by atoms with Crippen LogP contribution in [0.5, 0.6) is 0 Å². The number of aromatic amines is 1. The van der Waals surface area contributed by atoms with E-state index in [9.17, 15) is 4.79 Å². The first-order valence-electron chi connectivity index (χ1n) is 10.9. The van der Waals surface area contributed by atoms with Gasteiger partial charge in [0.25, 0.3) is 5.82 Å². The summed E-state index contributed by atoms with van der Waals surface area (Å²) in [6.45, 7) is 4.14. The highest BCUT2D eigenvalue weighted by Gasteiger charge is 2.31. The van der Waals surface area contributed by atoms with E-state index in [1.165, 1.54) is 5.56 Å². The van der Waals surface area contributed by atoms with E-state index in [0.29, 0.717) is 5.25 Å². The first-order valence-corrected chi connectivity index (χ1v) is 11.9. The predicted octanol–water partition coefficient (Wildman–Crippen LogP) is 5.76. The molecule has 2 unspecified atom stereocenters. The number of aromatic nitrogens is 2. The lowest BCUT2D eigenvalue weighted by Gasteiger charge is -2.16. The Hall–Kier alpha value is -2.85. The zero-order chi connectivity index (χ0) is 21.6. The van der Waals surface area contributed by atoms with E-state index in [-0.39, 0.29) is 11.8 Å². The average Bonchev–Trinajstić information content (AvgIpc) is 3.19. The molecule has 1 N–H and O–H groups in total. The van der Waals surface area contributed by atoms with Crippen LogP contribution in [-0.2, 0) is 12.2 Å². The van der Waals surface area contributed by atoms with Crippen LogP contribution in [0.1, 0.15) is 52.4 Å². The van der Waals surface area contributed by atoms with Crippen molar-refractivity contribution < 1.29 is 9.36 Å². The Morgan fingerprint density at radius 3 is 2.58 bits per heavy atom. The Morgan fingerprint density at radius 1 is 1.13 bits per heavy atom. The van der Waals surface area contributed by atoms with Crippen molar-refractivity contribution in [3.8, 4) is 0 Å².